The average molecular weight is 249 g/mol. The van der Waals surface area contributed by atoms with Crippen LogP contribution >= 0.6 is 0 Å². The number of carbonyl (C=O) groups is 1. The summed E-state index contributed by atoms with van der Waals surface area (Å²) in [6.07, 6.45) is 0.801. The molecule has 18 heavy (non-hydrogen) atoms. The zero-order valence-corrected chi connectivity index (χ0v) is 11.4. The first-order chi connectivity index (χ1) is 8.54. The van der Waals surface area contributed by atoms with Gasteiger partial charge in [-0.15, -0.1) is 0 Å². The third kappa shape index (κ3) is 4.47. The Morgan fingerprint density at radius 1 is 1.44 bits per heavy atom. The molecule has 0 aliphatic carbocycles. The van der Waals surface area contributed by atoms with Crippen molar-refractivity contribution >= 4 is 5.91 Å². The molecule has 1 atom stereocenters. The number of rotatable bonds is 6. The van der Waals surface area contributed by atoms with E-state index in [1.54, 1.807) is 0 Å². The summed E-state index contributed by atoms with van der Waals surface area (Å²) in [6.45, 7) is 3.32. The zero-order chi connectivity index (χ0) is 13.5. The Balaban J connectivity index is 2.58. The van der Waals surface area contributed by atoms with Crippen molar-refractivity contribution in [3.8, 4) is 0 Å². The van der Waals surface area contributed by atoms with Crippen LogP contribution in [0.4, 0.5) is 0 Å². The Kier molecular flexibility index (Phi) is 5.82. The summed E-state index contributed by atoms with van der Waals surface area (Å²) in [6, 6.07) is 7.95. The van der Waals surface area contributed by atoms with Gasteiger partial charge in [0.2, 0.25) is 0 Å². The summed E-state index contributed by atoms with van der Waals surface area (Å²) in [5, 5.41) is 2.94. The van der Waals surface area contributed by atoms with Gasteiger partial charge in [-0.1, -0.05) is 12.1 Å². The van der Waals surface area contributed by atoms with Gasteiger partial charge >= 0.3 is 0 Å². The number of hydrogen-bond acceptors (Lipinski definition) is 3. The van der Waals surface area contributed by atoms with E-state index in [9.17, 15) is 4.79 Å². The number of benzene rings is 1. The molecule has 4 nitrogen and oxygen atoms in total. The Hall–Kier alpha value is -1.39. The Morgan fingerprint density at radius 3 is 2.78 bits per heavy atom. The summed E-state index contributed by atoms with van der Waals surface area (Å²) in [7, 11) is 4.00. The molecule has 3 N–H and O–H groups in total. The second-order valence-electron chi connectivity index (χ2n) is 4.76. The van der Waals surface area contributed by atoms with Crippen molar-refractivity contribution in [1.29, 1.82) is 0 Å². The molecule has 1 aromatic carbocycles. The van der Waals surface area contributed by atoms with E-state index in [1.165, 1.54) is 0 Å². The standard InChI is InChI=1S/C14H23N3O/c1-11(17(2)3)10-16-14(18)13-6-4-5-12(9-13)7-8-15/h4-6,9,11H,7-8,10,15H2,1-3H3,(H,16,18). The number of hydrogen-bond donors (Lipinski definition) is 2. The lowest BCUT2D eigenvalue weighted by molar-refractivity contribution is 0.0943. The minimum Gasteiger partial charge on any atom is -0.350 e. The quantitative estimate of drug-likeness (QED) is 0.786. The third-order valence-electron chi connectivity index (χ3n) is 3.06. The van der Waals surface area contributed by atoms with Crippen molar-refractivity contribution < 1.29 is 4.79 Å². The maximum atomic E-state index is 12.0. The maximum absolute atomic E-state index is 12.0. The van der Waals surface area contributed by atoms with Crippen molar-refractivity contribution in [3.63, 3.8) is 0 Å². The summed E-state index contributed by atoms with van der Waals surface area (Å²) in [5.74, 6) is -0.0254. The molecule has 0 heterocycles. The van der Waals surface area contributed by atoms with Crippen molar-refractivity contribution in [2.24, 2.45) is 5.73 Å². The summed E-state index contributed by atoms with van der Waals surface area (Å²) in [5.41, 5.74) is 7.32. The van der Waals surface area contributed by atoms with Crippen LogP contribution in [0.15, 0.2) is 24.3 Å². The van der Waals surface area contributed by atoms with Gasteiger partial charge in [0, 0.05) is 18.2 Å². The minimum atomic E-state index is -0.0254. The van der Waals surface area contributed by atoms with Gasteiger partial charge in [-0.3, -0.25) is 4.79 Å². The topological polar surface area (TPSA) is 58.4 Å². The van der Waals surface area contributed by atoms with E-state index in [-0.39, 0.29) is 5.91 Å². The summed E-state index contributed by atoms with van der Waals surface area (Å²) < 4.78 is 0. The van der Waals surface area contributed by atoms with Crippen molar-refractivity contribution in [2.75, 3.05) is 27.2 Å². The molecular weight excluding hydrogens is 226 g/mol. The van der Waals surface area contributed by atoms with Crippen molar-refractivity contribution in [3.05, 3.63) is 35.4 Å². The van der Waals surface area contributed by atoms with Gasteiger partial charge in [0.1, 0.15) is 0 Å². The lowest BCUT2D eigenvalue weighted by Crippen LogP contribution is -2.38. The van der Waals surface area contributed by atoms with Crippen molar-refractivity contribution in [2.45, 2.75) is 19.4 Å². The lowest BCUT2D eigenvalue weighted by Gasteiger charge is -2.20. The summed E-state index contributed by atoms with van der Waals surface area (Å²) >= 11 is 0. The van der Waals surface area contributed by atoms with E-state index < -0.39 is 0 Å². The Morgan fingerprint density at radius 2 is 2.17 bits per heavy atom. The Bertz CT molecular complexity index is 390. The molecule has 0 aliphatic heterocycles. The number of likely N-dealkylation sites (N-methyl/N-ethyl adjacent to an activating group) is 1. The molecule has 0 saturated carbocycles. The highest BCUT2D eigenvalue weighted by atomic mass is 16.1. The lowest BCUT2D eigenvalue weighted by atomic mass is 10.1. The van der Waals surface area contributed by atoms with Crippen LogP contribution in [0.25, 0.3) is 0 Å². The molecule has 4 heteroatoms. The monoisotopic (exact) mass is 249 g/mol. The number of nitrogens with two attached hydrogens (primary N) is 1. The van der Waals surface area contributed by atoms with Crippen LogP contribution < -0.4 is 11.1 Å². The zero-order valence-electron chi connectivity index (χ0n) is 11.4. The van der Waals surface area contributed by atoms with Gasteiger partial charge in [0.05, 0.1) is 0 Å². The van der Waals surface area contributed by atoms with E-state index in [2.05, 4.69) is 17.1 Å². The fourth-order valence-corrected chi connectivity index (χ4v) is 1.56. The molecule has 0 fully saturated rings. The molecule has 1 unspecified atom stereocenters. The highest BCUT2D eigenvalue weighted by molar-refractivity contribution is 5.94. The first-order valence-electron chi connectivity index (χ1n) is 6.28. The molecule has 0 aliphatic rings. The molecule has 100 valence electrons. The molecule has 1 aromatic rings. The molecular formula is C14H23N3O. The molecule has 0 bridgehead atoms. The molecule has 0 radical (unpaired) electrons. The molecule has 0 saturated heterocycles. The van der Waals surface area contributed by atoms with Crippen LogP contribution in [0.5, 0.6) is 0 Å². The molecule has 0 aromatic heterocycles. The largest absolute Gasteiger partial charge is 0.350 e. The maximum Gasteiger partial charge on any atom is 0.251 e. The fraction of sp³-hybridized carbons (Fsp3) is 0.500. The van der Waals surface area contributed by atoms with Crippen molar-refractivity contribution in [1.82, 2.24) is 10.2 Å². The normalized spacial score (nSPS) is 12.5. The molecule has 0 spiro atoms. The van der Waals surface area contributed by atoms with Gasteiger partial charge in [-0.25, -0.2) is 0 Å². The van der Waals surface area contributed by atoms with Crippen LogP contribution in [0.3, 0.4) is 0 Å². The number of nitrogens with zero attached hydrogens (tertiary/aromatic N) is 1. The SMILES string of the molecule is CC(CNC(=O)c1cccc(CCN)c1)N(C)C. The van der Waals surface area contributed by atoms with Gasteiger partial charge in [-0.2, -0.15) is 0 Å². The van der Waals surface area contributed by atoms with E-state index in [0.29, 0.717) is 24.7 Å². The van der Waals surface area contributed by atoms with Crippen LogP contribution in [0.2, 0.25) is 0 Å². The summed E-state index contributed by atoms with van der Waals surface area (Å²) in [4.78, 5) is 14.0. The minimum absolute atomic E-state index is 0.0254. The van der Waals surface area contributed by atoms with Crippen LogP contribution in [0, 0.1) is 0 Å². The first-order valence-corrected chi connectivity index (χ1v) is 6.28. The van der Waals surface area contributed by atoms with Crippen LogP contribution in [-0.2, 0) is 6.42 Å². The average Bonchev–Trinajstić information content (AvgIpc) is 2.36. The smallest absolute Gasteiger partial charge is 0.251 e. The van der Waals surface area contributed by atoms with Gasteiger partial charge in [-0.05, 0) is 51.7 Å². The number of carbonyl (C=O) groups excluding carboxylic acids is 1. The Labute approximate surface area is 109 Å². The number of nitrogens with one attached hydrogen (secondary N) is 1. The number of amides is 1. The van der Waals surface area contributed by atoms with Gasteiger partial charge in [0.15, 0.2) is 0 Å². The molecule has 1 rings (SSSR count). The highest BCUT2D eigenvalue weighted by Gasteiger charge is 2.09. The van der Waals surface area contributed by atoms with E-state index in [1.807, 2.05) is 38.4 Å². The second-order valence-corrected chi connectivity index (χ2v) is 4.76. The fourth-order valence-electron chi connectivity index (χ4n) is 1.56. The van der Waals surface area contributed by atoms with E-state index >= 15 is 0 Å². The third-order valence-corrected chi connectivity index (χ3v) is 3.06. The van der Waals surface area contributed by atoms with Crippen LogP contribution in [-0.4, -0.2) is 44.0 Å². The second kappa shape index (κ2) is 7.13. The highest BCUT2D eigenvalue weighted by Crippen LogP contribution is 2.05. The molecule has 1 amide bonds. The van der Waals surface area contributed by atoms with Gasteiger partial charge in [0.25, 0.3) is 5.91 Å². The van der Waals surface area contributed by atoms with Gasteiger partial charge < -0.3 is 16.0 Å². The predicted molar refractivity (Wildman–Crippen MR) is 74.7 cm³/mol. The van der Waals surface area contributed by atoms with E-state index in [0.717, 1.165) is 12.0 Å². The van der Waals surface area contributed by atoms with Crippen LogP contribution in [0.1, 0.15) is 22.8 Å². The predicted octanol–water partition coefficient (Wildman–Crippen LogP) is 0.868. The first kappa shape index (κ1) is 14.7. The van der Waals surface area contributed by atoms with E-state index in [4.69, 9.17) is 5.73 Å².